The zero-order chi connectivity index (χ0) is 18.6. The quantitative estimate of drug-likeness (QED) is 0.499. The van der Waals surface area contributed by atoms with Crippen LogP contribution in [0, 0.1) is 3.57 Å². The van der Waals surface area contributed by atoms with E-state index in [-0.39, 0.29) is 12.7 Å². The van der Waals surface area contributed by atoms with Gasteiger partial charge in [-0.3, -0.25) is 4.79 Å². The number of nitrogens with zero attached hydrogens (tertiary/aromatic N) is 1. The molecule has 4 nitrogen and oxygen atoms in total. The van der Waals surface area contributed by atoms with Crippen LogP contribution in [0.1, 0.15) is 21.5 Å². The first kappa shape index (κ1) is 17.9. The maximum absolute atomic E-state index is 13.3. The van der Waals surface area contributed by atoms with Gasteiger partial charge in [-0.05, 0) is 58.0 Å². The Morgan fingerprint density at radius 3 is 2.37 bits per heavy atom. The predicted molar refractivity (Wildman–Crippen MR) is 112 cm³/mol. The summed E-state index contributed by atoms with van der Waals surface area (Å²) in [5, 5.41) is 0. The smallest absolute Gasteiger partial charge is 0.255 e. The van der Waals surface area contributed by atoms with E-state index in [1.165, 1.54) is 0 Å². The summed E-state index contributed by atoms with van der Waals surface area (Å²) in [6, 6.07) is 23.5. The number of hydrogen-bond acceptors (Lipinski definition) is 3. The second-order valence-electron chi connectivity index (χ2n) is 6.31. The average molecular weight is 471 g/mol. The molecule has 0 aromatic heterocycles. The number of halogens is 1. The number of ether oxygens (including phenoxy) is 2. The number of rotatable bonds is 5. The highest BCUT2D eigenvalue weighted by molar-refractivity contribution is 14.1. The van der Waals surface area contributed by atoms with Gasteiger partial charge in [0, 0.05) is 16.7 Å². The Hall–Kier alpha value is -2.54. The van der Waals surface area contributed by atoms with Gasteiger partial charge in [0.1, 0.15) is 0 Å². The molecule has 0 N–H and O–H groups in total. The van der Waals surface area contributed by atoms with Crippen molar-refractivity contribution in [3.8, 4) is 11.5 Å². The summed E-state index contributed by atoms with van der Waals surface area (Å²) in [5.41, 5.74) is 2.82. The van der Waals surface area contributed by atoms with Gasteiger partial charge in [-0.1, -0.05) is 48.5 Å². The average Bonchev–Trinajstić information content (AvgIpc) is 3.16. The van der Waals surface area contributed by atoms with Crippen LogP contribution >= 0.6 is 22.6 Å². The van der Waals surface area contributed by atoms with E-state index in [4.69, 9.17) is 9.47 Å². The molecule has 0 radical (unpaired) electrons. The highest BCUT2D eigenvalue weighted by Gasteiger charge is 2.20. The van der Waals surface area contributed by atoms with Crippen molar-refractivity contribution in [1.29, 1.82) is 0 Å². The minimum atomic E-state index is 0.0153. The van der Waals surface area contributed by atoms with Crippen molar-refractivity contribution in [2.75, 3.05) is 6.79 Å². The van der Waals surface area contributed by atoms with E-state index in [1.807, 2.05) is 77.7 Å². The Labute approximate surface area is 171 Å². The van der Waals surface area contributed by atoms with Crippen LogP contribution < -0.4 is 9.47 Å². The van der Waals surface area contributed by atoms with E-state index in [2.05, 4.69) is 22.6 Å². The lowest BCUT2D eigenvalue weighted by atomic mass is 10.1. The number of carbonyl (C=O) groups excluding carboxylic acids is 1. The van der Waals surface area contributed by atoms with Gasteiger partial charge in [-0.2, -0.15) is 0 Å². The van der Waals surface area contributed by atoms with Gasteiger partial charge in [0.2, 0.25) is 6.79 Å². The second kappa shape index (κ2) is 8.00. The van der Waals surface area contributed by atoms with Crippen LogP contribution in [0.3, 0.4) is 0 Å². The number of hydrogen-bond donors (Lipinski definition) is 0. The molecule has 0 bridgehead atoms. The summed E-state index contributed by atoms with van der Waals surface area (Å²) in [5.74, 6) is 1.49. The van der Waals surface area contributed by atoms with Gasteiger partial charge >= 0.3 is 0 Å². The molecule has 1 aliphatic heterocycles. The fraction of sp³-hybridized carbons (Fsp3) is 0.136. The van der Waals surface area contributed by atoms with E-state index in [0.717, 1.165) is 31.8 Å². The Balaban J connectivity index is 1.63. The van der Waals surface area contributed by atoms with Crippen LogP contribution in [0.5, 0.6) is 11.5 Å². The Kier molecular flexibility index (Phi) is 5.29. The minimum Gasteiger partial charge on any atom is -0.454 e. The molecule has 0 aliphatic carbocycles. The lowest BCUT2D eigenvalue weighted by molar-refractivity contribution is 0.0728. The first-order chi connectivity index (χ1) is 13.2. The molecule has 0 spiro atoms. The number of benzene rings is 3. The molecule has 3 aromatic rings. The molecule has 136 valence electrons. The monoisotopic (exact) mass is 471 g/mol. The summed E-state index contributed by atoms with van der Waals surface area (Å²) < 4.78 is 11.8. The van der Waals surface area contributed by atoms with E-state index < -0.39 is 0 Å². The van der Waals surface area contributed by atoms with Gasteiger partial charge in [0.25, 0.3) is 5.91 Å². The first-order valence-corrected chi connectivity index (χ1v) is 9.75. The van der Waals surface area contributed by atoms with E-state index in [0.29, 0.717) is 13.1 Å². The lowest BCUT2D eigenvalue weighted by Gasteiger charge is -2.24. The molecule has 0 saturated carbocycles. The normalized spacial score (nSPS) is 12.0. The Morgan fingerprint density at radius 1 is 0.852 bits per heavy atom. The summed E-state index contributed by atoms with van der Waals surface area (Å²) >= 11 is 2.21. The largest absolute Gasteiger partial charge is 0.454 e. The molecule has 3 aromatic carbocycles. The van der Waals surface area contributed by atoms with Crippen LogP contribution in [0.2, 0.25) is 0 Å². The maximum atomic E-state index is 13.3. The summed E-state index contributed by atoms with van der Waals surface area (Å²) in [6.45, 7) is 1.28. The molecule has 1 aliphatic rings. The minimum absolute atomic E-state index is 0.0153. The topological polar surface area (TPSA) is 38.8 Å². The van der Waals surface area contributed by atoms with E-state index in [1.54, 1.807) is 0 Å². The second-order valence-corrected chi connectivity index (χ2v) is 7.48. The standard InChI is InChI=1S/C22H18INO3/c23-19-9-5-4-8-18(19)22(25)24(13-16-6-2-1-3-7-16)14-17-10-11-20-21(12-17)27-15-26-20/h1-12H,13-15H2. The summed E-state index contributed by atoms with van der Waals surface area (Å²) in [4.78, 5) is 15.1. The van der Waals surface area contributed by atoms with Gasteiger partial charge in [0.05, 0.1) is 5.56 Å². The Bertz CT molecular complexity index is 959. The van der Waals surface area contributed by atoms with Crippen LogP contribution in [-0.4, -0.2) is 17.6 Å². The van der Waals surface area contributed by atoms with Crippen molar-refractivity contribution >= 4 is 28.5 Å². The van der Waals surface area contributed by atoms with Gasteiger partial charge in [-0.15, -0.1) is 0 Å². The third-order valence-corrected chi connectivity index (χ3v) is 5.36. The summed E-state index contributed by atoms with van der Waals surface area (Å²) in [6.07, 6.45) is 0. The van der Waals surface area contributed by atoms with Gasteiger partial charge in [-0.25, -0.2) is 0 Å². The molecule has 0 unspecified atom stereocenters. The SMILES string of the molecule is O=C(c1ccccc1I)N(Cc1ccccc1)Cc1ccc2c(c1)OCO2. The van der Waals surface area contributed by atoms with Crippen LogP contribution in [-0.2, 0) is 13.1 Å². The number of carbonyl (C=O) groups is 1. The molecular weight excluding hydrogens is 453 g/mol. The van der Waals surface area contributed by atoms with Crippen molar-refractivity contribution in [3.05, 3.63) is 93.1 Å². The van der Waals surface area contributed by atoms with Crippen molar-refractivity contribution in [3.63, 3.8) is 0 Å². The third-order valence-electron chi connectivity index (χ3n) is 4.42. The van der Waals surface area contributed by atoms with Crippen molar-refractivity contribution in [2.24, 2.45) is 0 Å². The zero-order valence-electron chi connectivity index (χ0n) is 14.6. The highest BCUT2D eigenvalue weighted by Crippen LogP contribution is 2.33. The Morgan fingerprint density at radius 2 is 1.56 bits per heavy atom. The molecule has 4 rings (SSSR count). The molecule has 27 heavy (non-hydrogen) atoms. The zero-order valence-corrected chi connectivity index (χ0v) is 16.8. The fourth-order valence-electron chi connectivity index (χ4n) is 3.07. The van der Waals surface area contributed by atoms with Crippen molar-refractivity contribution < 1.29 is 14.3 Å². The maximum Gasteiger partial charge on any atom is 0.255 e. The molecule has 1 heterocycles. The first-order valence-electron chi connectivity index (χ1n) is 8.67. The van der Waals surface area contributed by atoms with Crippen molar-refractivity contribution in [1.82, 2.24) is 4.90 Å². The predicted octanol–water partition coefficient (Wildman–Crippen LogP) is 4.86. The third kappa shape index (κ3) is 4.08. The molecule has 0 fully saturated rings. The molecule has 1 amide bonds. The highest BCUT2D eigenvalue weighted by atomic mass is 127. The van der Waals surface area contributed by atoms with Crippen LogP contribution in [0.25, 0.3) is 0 Å². The van der Waals surface area contributed by atoms with Crippen molar-refractivity contribution in [2.45, 2.75) is 13.1 Å². The van der Waals surface area contributed by atoms with Crippen LogP contribution in [0.4, 0.5) is 0 Å². The van der Waals surface area contributed by atoms with E-state index in [9.17, 15) is 4.79 Å². The fourth-order valence-corrected chi connectivity index (χ4v) is 3.69. The molecular formula is C22H18INO3. The molecule has 0 atom stereocenters. The lowest BCUT2D eigenvalue weighted by Crippen LogP contribution is -2.30. The van der Waals surface area contributed by atoms with Gasteiger partial charge < -0.3 is 14.4 Å². The van der Waals surface area contributed by atoms with E-state index >= 15 is 0 Å². The number of amides is 1. The molecule has 5 heteroatoms. The van der Waals surface area contributed by atoms with Gasteiger partial charge in [0.15, 0.2) is 11.5 Å². The van der Waals surface area contributed by atoms with Crippen LogP contribution in [0.15, 0.2) is 72.8 Å². The summed E-state index contributed by atoms with van der Waals surface area (Å²) in [7, 11) is 0. The number of fused-ring (bicyclic) bond motifs is 1. The molecule has 0 saturated heterocycles.